The summed E-state index contributed by atoms with van der Waals surface area (Å²) < 4.78 is 0. The lowest BCUT2D eigenvalue weighted by Crippen LogP contribution is -2.22. The van der Waals surface area contributed by atoms with Crippen molar-refractivity contribution in [3.63, 3.8) is 0 Å². The number of hydrogen-bond donors (Lipinski definition) is 4. The molecule has 8 nitrogen and oxygen atoms in total. The van der Waals surface area contributed by atoms with Gasteiger partial charge in [-0.15, -0.1) is 11.6 Å². The summed E-state index contributed by atoms with van der Waals surface area (Å²) in [4.78, 5) is 42.0. The SMILES string of the molecule is CC(C)C=CCCCC(Cl)C(=O)O.CCCCCCCCCCCCCCCCCCNC(=O)C=CC(=O)O.O=C(O)Cc1ccccc1. The Labute approximate surface area is 301 Å². The zero-order valence-electron chi connectivity index (χ0n) is 30.6. The molecule has 1 atom stereocenters. The maximum atomic E-state index is 11.2. The number of aliphatic carboxylic acids is 3. The van der Waals surface area contributed by atoms with Gasteiger partial charge in [0.1, 0.15) is 5.38 Å². The number of carboxylic acid groups (broad SMARTS) is 3. The van der Waals surface area contributed by atoms with E-state index in [2.05, 4.69) is 38.2 Å². The third-order valence-corrected chi connectivity index (χ3v) is 7.93. The Kier molecular flexibility index (Phi) is 35.4. The molecule has 1 aromatic carbocycles. The van der Waals surface area contributed by atoms with Crippen LogP contribution in [-0.4, -0.2) is 51.1 Å². The summed E-state index contributed by atoms with van der Waals surface area (Å²) >= 11 is 5.53. The minimum atomic E-state index is -1.09. The van der Waals surface area contributed by atoms with Crippen molar-refractivity contribution in [1.29, 1.82) is 0 Å². The van der Waals surface area contributed by atoms with Gasteiger partial charge in [-0.1, -0.05) is 160 Å². The highest BCUT2D eigenvalue weighted by molar-refractivity contribution is 6.29. The molecule has 0 spiro atoms. The molecule has 1 aromatic rings. The van der Waals surface area contributed by atoms with Crippen LogP contribution in [0.2, 0.25) is 0 Å². The third-order valence-electron chi connectivity index (χ3n) is 7.52. The topological polar surface area (TPSA) is 141 Å². The van der Waals surface area contributed by atoms with Crippen molar-refractivity contribution in [3.8, 4) is 0 Å². The highest BCUT2D eigenvalue weighted by Gasteiger charge is 2.11. The molecule has 280 valence electrons. The van der Waals surface area contributed by atoms with E-state index in [9.17, 15) is 19.2 Å². The van der Waals surface area contributed by atoms with Crippen LogP contribution in [0.5, 0.6) is 0 Å². The van der Waals surface area contributed by atoms with E-state index in [0.29, 0.717) is 18.9 Å². The summed E-state index contributed by atoms with van der Waals surface area (Å²) in [5.41, 5.74) is 0.843. The number of carboxylic acids is 3. The average molecular weight is 708 g/mol. The molecule has 0 aromatic heterocycles. The van der Waals surface area contributed by atoms with Crippen molar-refractivity contribution in [3.05, 3.63) is 60.2 Å². The van der Waals surface area contributed by atoms with Gasteiger partial charge in [0, 0.05) is 18.7 Å². The van der Waals surface area contributed by atoms with Gasteiger partial charge in [0.05, 0.1) is 6.42 Å². The molecule has 1 rings (SSSR count). The smallest absolute Gasteiger partial charge is 0.328 e. The number of carbonyl (C=O) groups excluding carboxylic acids is 1. The van der Waals surface area contributed by atoms with Gasteiger partial charge < -0.3 is 20.6 Å². The number of unbranched alkanes of at least 4 members (excludes halogenated alkanes) is 16. The van der Waals surface area contributed by atoms with Gasteiger partial charge >= 0.3 is 17.9 Å². The third kappa shape index (κ3) is 41.0. The molecular weight excluding hydrogens is 642 g/mol. The largest absolute Gasteiger partial charge is 0.481 e. The van der Waals surface area contributed by atoms with Gasteiger partial charge in [-0.05, 0) is 37.2 Å². The summed E-state index contributed by atoms with van der Waals surface area (Å²) in [6.45, 7) is 7.11. The number of hydrogen-bond acceptors (Lipinski definition) is 4. The van der Waals surface area contributed by atoms with Crippen LogP contribution in [0.25, 0.3) is 0 Å². The second kappa shape index (κ2) is 36.2. The van der Waals surface area contributed by atoms with Crippen LogP contribution in [0.3, 0.4) is 0 Å². The normalized spacial score (nSPS) is 11.4. The number of allylic oxidation sites excluding steroid dienone is 2. The van der Waals surface area contributed by atoms with Crippen molar-refractivity contribution < 1.29 is 34.5 Å². The van der Waals surface area contributed by atoms with Crippen LogP contribution in [0.1, 0.15) is 148 Å². The van der Waals surface area contributed by atoms with Crippen LogP contribution in [0.15, 0.2) is 54.6 Å². The Hall–Kier alpha value is -3.13. The Balaban J connectivity index is 0. The van der Waals surface area contributed by atoms with E-state index < -0.39 is 23.3 Å². The number of benzene rings is 1. The van der Waals surface area contributed by atoms with Gasteiger partial charge in [-0.25, -0.2) is 4.79 Å². The molecule has 0 saturated heterocycles. The number of nitrogens with one attached hydrogen (secondary N) is 1. The monoisotopic (exact) mass is 707 g/mol. The predicted molar refractivity (Wildman–Crippen MR) is 202 cm³/mol. The first-order valence-corrected chi connectivity index (χ1v) is 18.9. The summed E-state index contributed by atoms with van der Waals surface area (Å²) in [6, 6.07) is 9.13. The van der Waals surface area contributed by atoms with Crippen molar-refractivity contribution in [2.24, 2.45) is 5.92 Å². The molecule has 1 amide bonds. The molecule has 0 radical (unpaired) electrons. The molecule has 0 bridgehead atoms. The van der Waals surface area contributed by atoms with Crippen LogP contribution in [0.4, 0.5) is 0 Å². The van der Waals surface area contributed by atoms with Gasteiger partial charge in [0.15, 0.2) is 0 Å². The van der Waals surface area contributed by atoms with Crippen molar-refractivity contribution in [2.45, 2.75) is 155 Å². The Bertz CT molecular complexity index is 1010. The molecule has 0 aliphatic carbocycles. The van der Waals surface area contributed by atoms with Crippen molar-refractivity contribution in [2.75, 3.05) is 6.54 Å². The molecule has 0 heterocycles. The zero-order valence-corrected chi connectivity index (χ0v) is 31.3. The van der Waals surface area contributed by atoms with Gasteiger partial charge in [0.2, 0.25) is 5.91 Å². The number of carbonyl (C=O) groups is 4. The highest BCUT2D eigenvalue weighted by Crippen LogP contribution is 2.14. The number of alkyl halides is 1. The minimum Gasteiger partial charge on any atom is -0.481 e. The average Bonchev–Trinajstić information content (AvgIpc) is 3.05. The van der Waals surface area contributed by atoms with E-state index >= 15 is 0 Å². The number of halogens is 1. The van der Waals surface area contributed by atoms with E-state index in [1.807, 2.05) is 18.2 Å². The number of amides is 1. The summed E-state index contributed by atoms with van der Waals surface area (Å²) in [6.07, 6.45) is 29.8. The fourth-order valence-corrected chi connectivity index (χ4v) is 4.92. The van der Waals surface area contributed by atoms with Crippen LogP contribution in [-0.2, 0) is 25.6 Å². The highest BCUT2D eigenvalue weighted by atomic mass is 35.5. The first-order chi connectivity index (χ1) is 23.5. The van der Waals surface area contributed by atoms with Crippen LogP contribution < -0.4 is 5.32 Å². The first-order valence-electron chi connectivity index (χ1n) is 18.5. The lowest BCUT2D eigenvalue weighted by molar-refractivity contribution is -0.137. The second-order valence-corrected chi connectivity index (χ2v) is 13.3. The van der Waals surface area contributed by atoms with Gasteiger partial charge in [-0.3, -0.25) is 14.4 Å². The summed E-state index contributed by atoms with van der Waals surface area (Å²) in [5.74, 6) is -2.57. The molecule has 49 heavy (non-hydrogen) atoms. The maximum Gasteiger partial charge on any atom is 0.328 e. The molecule has 0 saturated carbocycles. The van der Waals surface area contributed by atoms with Crippen LogP contribution >= 0.6 is 11.6 Å². The molecule has 0 aliphatic rings. The Morgan fingerprint density at radius 2 is 1.20 bits per heavy atom. The summed E-state index contributed by atoms with van der Waals surface area (Å²) in [7, 11) is 0. The zero-order chi connectivity index (χ0) is 37.0. The summed E-state index contributed by atoms with van der Waals surface area (Å²) in [5, 5.41) is 27.2. The minimum absolute atomic E-state index is 0.112. The first kappa shape index (κ1) is 48.0. The van der Waals surface area contributed by atoms with Crippen molar-refractivity contribution >= 4 is 35.4 Å². The number of rotatable bonds is 27. The lowest BCUT2D eigenvalue weighted by atomic mass is 10.0. The molecule has 4 N–H and O–H groups in total. The standard InChI is InChI=1S/C22H41NO3.C10H17ClO2.C8H8O2/c1-2-3-4-5-6-7-8-9-10-11-12-13-14-15-16-17-20-23-21(24)18-19-22(25)26;1-8(2)6-4-3-5-7-9(11)10(12)13;9-8(10)6-7-4-2-1-3-5-7/h18-19H,2-17,20H2,1H3,(H,23,24)(H,25,26);4,6,8-9H,3,5,7H2,1-2H3,(H,12,13);1-5H,6H2,(H,9,10). The van der Waals surface area contributed by atoms with Crippen LogP contribution in [0, 0.1) is 5.92 Å². The predicted octanol–water partition coefficient (Wildman–Crippen LogP) is 10.4. The van der Waals surface area contributed by atoms with Crippen molar-refractivity contribution in [1.82, 2.24) is 5.32 Å². The Morgan fingerprint density at radius 1 is 0.714 bits per heavy atom. The fraction of sp³-hybridized carbons (Fsp3) is 0.650. The lowest BCUT2D eigenvalue weighted by Gasteiger charge is -2.04. The van der Waals surface area contributed by atoms with Gasteiger partial charge in [0.25, 0.3) is 0 Å². The fourth-order valence-electron chi connectivity index (χ4n) is 4.77. The van der Waals surface area contributed by atoms with E-state index in [4.69, 9.17) is 26.9 Å². The molecule has 1 unspecified atom stereocenters. The van der Waals surface area contributed by atoms with E-state index in [0.717, 1.165) is 43.4 Å². The molecule has 0 fully saturated rings. The Morgan fingerprint density at radius 3 is 1.63 bits per heavy atom. The second-order valence-electron chi connectivity index (χ2n) is 12.7. The molecule has 0 aliphatic heterocycles. The molecular formula is C40H66ClNO7. The van der Waals surface area contributed by atoms with E-state index in [1.165, 1.54) is 89.9 Å². The maximum absolute atomic E-state index is 11.2. The molecule has 9 heteroatoms. The van der Waals surface area contributed by atoms with E-state index in [1.54, 1.807) is 12.1 Å². The quantitative estimate of drug-likeness (QED) is 0.0308. The van der Waals surface area contributed by atoms with Gasteiger partial charge in [-0.2, -0.15) is 0 Å². The van der Waals surface area contributed by atoms with E-state index in [-0.39, 0.29) is 12.3 Å².